The highest BCUT2D eigenvalue weighted by Crippen LogP contribution is 2.49. The molecule has 0 radical (unpaired) electrons. The maximum atomic E-state index is 12.5. The molecule has 0 fully saturated rings. The number of hydrogen-bond acceptors (Lipinski definition) is 4. The minimum atomic E-state index is -4.42. The van der Waals surface area contributed by atoms with Crippen LogP contribution in [-0.4, -0.2) is 11.3 Å². The van der Waals surface area contributed by atoms with Crippen molar-refractivity contribution in [3.05, 3.63) is 35.0 Å². The van der Waals surface area contributed by atoms with Gasteiger partial charge in [-0.2, -0.15) is 0 Å². The fourth-order valence-electron chi connectivity index (χ4n) is 1.83. The zero-order chi connectivity index (χ0) is 12.2. The smallest absolute Gasteiger partial charge is 0.249 e. The molecule has 2 heterocycles. The Labute approximate surface area is 99.8 Å². The fourth-order valence-corrected chi connectivity index (χ4v) is 2.93. The number of benzene rings is 1. The summed E-state index contributed by atoms with van der Waals surface area (Å²) < 4.78 is 37.6. The number of para-hydroxylation sites is 1. The third-order valence-corrected chi connectivity index (χ3v) is 3.63. The van der Waals surface area contributed by atoms with Crippen LogP contribution in [0.4, 0.5) is 18.9 Å². The van der Waals surface area contributed by atoms with E-state index in [1.54, 1.807) is 0 Å². The summed E-state index contributed by atoms with van der Waals surface area (Å²) in [6, 6.07) is 5.66. The lowest BCUT2D eigenvalue weighted by Crippen LogP contribution is -2.47. The summed E-state index contributed by atoms with van der Waals surface area (Å²) >= 11 is 1.32. The molecule has 90 valence electrons. The summed E-state index contributed by atoms with van der Waals surface area (Å²) in [5, 5.41) is 2.15. The van der Waals surface area contributed by atoms with Crippen molar-refractivity contribution in [1.82, 2.24) is 10.5 Å². The molecule has 1 aromatic carbocycles. The van der Waals surface area contributed by atoms with Crippen molar-refractivity contribution in [2.75, 3.05) is 5.01 Å². The average molecular weight is 259 g/mol. The highest BCUT2D eigenvalue weighted by Gasteiger charge is 2.43. The maximum Gasteiger partial charge on any atom is 0.500 e. The molecule has 0 saturated heterocycles. The molecule has 0 unspecified atom stereocenters. The Kier molecular flexibility index (Phi) is 2.11. The number of hydrazine groups is 2. The van der Waals surface area contributed by atoms with Gasteiger partial charge in [-0.1, -0.05) is 23.9 Å². The number of thioether (sulfide) groups is 1. The van der Waals surface area contributed by atoms with E-state index < -0.39 is 6.30 Å². The lowest BCUT2D eigenvalue weighted by atomic mass is 10.2. The van der Waals surface area contributed by atoms with Crippen LogP contribution in [0.1, 0.15) is 5.56 Å². The number of hydrogen-bond donors (Lipinski definition) is 1. The molecule has 0 atom stereocenters. The van der Waals surface area contributed by atoms with Crippen LogP contribution < -0.4 is 10.5 Å². The second-order valence-electron chi connectivity index (χ2n) is 3.76. The van der Waals surface area contributed by atoms with Gasteiger partial charge in [0.25, 0.3) is 0 Å². The summed E-state index contributed by atoms with van der Waals surface area (Å²) in [6.45, 7) is 1.88. The average Bonchev–Trinajstić information content (AvgIpc) is 2.72. The van der Waals surface area contributed by atoms with Crippen molar-refractivity contribution in [3.63, 3.8) is 0 Å². The van der Waals surface area contributed by atoms with Gasteiger partial charge in [-0.3, -0.25) is 0 Å². The first-order chi connectivity index (χ1) is 7.97. The molecule has 3 rings (SSSR count). The third kappa shape index (κ3) is 1.57. The fraction of sp³-hybridized carbons (Fsp3) is 0.200. The van der Waals surface area contributed by atoms with E-state index in [-0.39, 0.29) is 5.01 Å². The highest BCUT2D eigenvalue weighted by atomic mass is 32.2. The van der Waals surface area contributed by atoms with Gasteiger partial charge in [-0.15, -0.1) is 18.7 Å². The molecular formula is C10H8F3N3S. The molecule has 2 aliphatic rings. The number of rotatable bonds is 0. The molecule has 0 aromatic heterocycles. The monoisotopic (exact) mass is 259 g/mol. The number of anilines is 1. The zero-order valence-electron chi connectivity index (χ0n) is 8.75. The Bertz CT molecular complexity index is 512. The Morgan fingerprint density at radius 1 is 1.29 bits per heavy atom. The second kappa shape index (κ2) is 3.33. The van der Waals surface area contributed by atoms with Gasteiger partial charge in [0.15, 0.2) is 0 Å². The summed E-state index contributed by atoms with van der Waals surface area (Å²) in [5.41, 5.74) is 4.05. The summed E-state index contributed by atoms with van der Waals surface area (Å²) in [7, 11) is 0. The van der Waals surface area contributed by atoms with E-state index in [0.717, 1.165) is 22.3 Å². The largest absolute Gasteiger partial charge is 0.500 e. The molecule has 1 aromatic rings. The van der Waals surface area contributed by atoms with Crippen molar-refractivity contribution in [2.45, 2.75) is 18.1 Å². The molecular weight excluding hydrogens is 251 g/mol. The normalized spacial score (nSPS) is 18.2. The van der Waals surface area contributed by atoms with Crippen LogP contribution in [-0.2, 0) is 0 Å². The van der Waals surface area contributed by atoms with Crippen molar-refractivity contribution in [1.29, 1.82) is 0 Å². The van der Waals surface area contributed by atoms with E-state index in [1.807, 2.05) is 25.1 Å². The Morgan fingerprint density at radius 2 is 2.06 bits per heavy atom. The molecule has 1 N–H and O–H groups in total. The highest BCUT2D eigenvalue weighted by molar-refractivity contribution is 8.03. The minimum absolute atomic E-state index is 0.157. The minimum Gasteiger partial charge on any atom is -0.249 e. The van der Waals surface area contributed by atoms with Gasteiger partial charge in [-0.05, 0) is 18.6 Å². The van der Waals surface area contributed by atoms with Gasteiger partial charge < -0.3 is 0 Å². The van der Waals surface area contributed by atoms with Crippen LogP contribution in [0.25, 0.3) is 0 Å². The van der Waals surface area contributed by atoms with Crippen molar-refractivity contribution >= 4 is 17.4 Å². The van der Waals surface area contributed by atoms with Crippen molar-refractivity contribution in [3.8, 4) is 0 Å². The van der Waals surface area contributed by atoms with Crippen LogP contribution in [0.2, 0.25) is 0 Å². The van der Waals surface area contributed by atoms with Crippen LogP contribution >= 0.6 is 11.8 Å². The van der Waals surface area contributed by atoms with Crippen molar-refractivity contribution < 1.29 is 13.2 Å². The van der Waals surface area contributed by atoms with Gasteiger partial charge >= 0.3 is 6.30 Å². The van der Waals surface area contributed by atoms with Crippen LogP contribution in [0, 0.1) is 6.92 Å². The van der Waals surface area contributed by atoms with Gasteiger partial charge in [0, 0.05) is 4.90 Å². The standard InChI is InChI=1S/C10H8F3N3S/c1-6-3-2-4-7-9(6)16-8(17-7)5-15(14-16)10(11,12)13/h2-5,14H,1H3. The van der Waals surface area contributed by atoms with E-state index >= 15 is 0 Å². The SMILES string of the molecule is Cc1cccc2c1N1NN(C(F)(F)F)C=C1S2. The zero-order valence-corrected chi connectivity index (χ0v) is 9.56. The lowest BCUT2D eigenvalue weighted by molar-refractivity contribution is -0.241. The maximum absolute atomic E-state index is 12.5. The van der Waals surface area contributed by atoms with Crippen LogP contribution in [0.3, 0.4) is 0 Å². The quantitative estimate of drug-likeness (QED) is 0.722. The Balaban J connectivity index is 1.99. The number of aryl methyl sites for hydroxylation is 1. The lowest BCUT2D eigenvalue weighted by Gasteiger charge is -2.24. The molecule has 0 amide bonds. The number of nitrogens with one attached hydrogen (secondary N) is 1. The third-order valence-electron chi connectivity index (χ3n) is 2.58. The van der Waals surface area contributed by atoms with E-state index in [2.05, 4.69) is 5.53 Å². The van der Waals surface area contributed by atoms with Crippen LogP contribution in [0.5, 0.6) is 0 Å². The first kappa shape index (κ1) is 10.8. The summed E-state index contributed by atoms with van der Waals surface area (Å²) in [4.78, 5) is 0.963. The number of fused-ring (bicyclic) bond motifs is 3. The molecule has 2 aliphatic heterocycles. The first-order valence-electron chi connectivity index (χ1n) is 4.88. The number of alkyl halides is 3. The molecule has 0 aliphatic carbocycles. The molecule has 17 heavy (non-hydrogen) atoms. The van der Waals surface area contributed by atoms with E-state index in [1.165, 1.54) is 16.8 Å². The van der Waals surface area contributed by atoms with Gasteiger partial charge in [0.05, 0.1) is 11.9 Å². The predicted octanol–water partition coefficient (Wildman–Crippen LogP) is 2.96. The molecule has 3 nitrogen and oxygen atoms in total. The molecule has 0 saturated carbocycles. The summed E-state index contributed by atoms with van der Waals surface area (Å²) in [5.74, 6) is 0. The van der Waals surface area contributed by atoms with Gasteiger partial charge in [0.1, 0.15) is 5.03 Å². The van der Waals surface area contributed by atoms with Gasteiger partial charge in [-0.25, -0.2) is 10.0 Å². The van der Waals surface area contributed by atoms with Gasteiger partial charge in [0.2, 0.25) is 0 Å². The topological polar surface area (TPSA) is 18.5 Å². The number of halogens is 3. The first-order valence-corrected chi connectivity index (χ1v) is 5.70. The van der Waals surface area contributed by atoms with E-state index in [9.17, 15) is 13.2 Å². The second-order valence-corrected chi connectivity index (χ2v) is 4.83. The molecule has 7 heteroatoms. The van der Waals surface area contributed by atoms with E-state index in [4.69, 9.17) is 0 Å². The molecule has 0 spiro atoms. The molecule has 0 bridgehead atoms. The van der Waals surface area contributed by atoms with E-state index in [0.29, 0.717) is 5.03 Å². The van der Waals surface area contributed by atoms with Crippen LogP contribution in [0.15, 0.2) is 34.3 Å². The predicted molar refractivity (Wildman–Crippen MR) is 58.6 cm³/mol. The number of nitrogens with zero attached hydrogens (tertiary/aromatic N) is 2. The Morgan fingerprint density at radius 3 is 2.76 bits per heavy atom. The summed E-state index contributed by atoms with van der Waals surface area (Å²) in [6.07, 6.45) is -3.36. The Hall–Kier alpha value is -1.34. The van der Waals surface area contributed by atoms with Crippen molar-refractivity contribution in [2.24, 2.45) is 0 Å².